The predicted molar refractivity (Wildman–Crippen MR) is 147 cm³/mol. The molecule has 1 aromatic heterocycles. The Morgan fingerprint density at radius 3 is 2.16 bits per heavy atom. The maximum Gasteiger partial charge on any atom is 0.416 e. The molecule has 0 radical (unpaired) electrons. The molecule has 1 aliphatic rings. The molecule has 0 bridgehead atoms. The van der Waals surface area contributed by atoms with Gasteiger partial charge in [-0.3, -0.25) is 4.98 Å². The predicted octanol–water partition coefficient (Wildman–Crippen LogP) is 9.18. The molecule has 3 aromatic rings. The summed E-state index contributed by atoms with van der Waals surface area (Å²) in [5.74, 6) is 0. The van der Waals surface area contributed by atoms with Crippen molar-refractivity contribution in [3.05, 3.63) is 88.2 Å². The van der Waals surface area contributed by atoms with Gasteiger partial charge in [-0.15, -0.1) is 0 Å². The van der Waals surface area contributed by atoms with E-state index in [9.17, 15) is 18.4 Å². The highest BCUT2D eigenvalue weighted by atomic mass is 19.4. The van der Waals surface area contributed by atoms with Crippen LogP contribution in [0.5, 0.6) is 0 Å². The topological polar surface area (TPSA) is 36.7 Å². The molecule has 38 heavy (non-hydrogen) atoms. The number of pyridine rings is 1. The molecule has 0 saturated carbocycles. The molecule has 1 atom stereocenters. The van der Waals surface area contributed by atoms with Crippen molar-refractivity contribution < 1.29 is 13.2 Å². The van der Waals surface area contributed by atoms with E-state index >= 15 is 0 Å². The third-order valence-electron chi connectivity index (χ3n) is 7.85. The number of rotatable bonds is 11. The van der Waals surface area contributed by atoms with E-state index in [2.05, 4.69) is 44.2 Å². The summed E-state index contributed by atoms with van der Waals surface area (Å²) in [6.45, 7) is 4.40. The highest BCUT2D eigenvalue weighted by molar-refractivity contribution is 5.74. The van der Waals surface area contributed by atoms with Crippen LogP contribution in [0.15, 0.2) is 54.6 Å². The van der Waals surface area contributed by atoms with Crippen molar-refractivity contribution in [2.24, 2.45) is 0 Å². The average Bonchev–Trinajstić information content (AvgIpc) is 3.27. The maximum atomic E-state index is 13.1. The van der Waals surface area contributed by atoms with Crippen LogP contribution in [0, 0.1) is 11.3 Å². The van der Waals surface area contributed by atoms with Gasteiger partial charge in [0.15, 0.2) is 0 Å². The first-order valence-corrected chi connectivity index (χ1v) is 14.0. The fraction of sp³-hybridized carbons (Fsp3) is 0.455. The Kier molecular flexibility index (Phi) is 8.92. The molecule has 0 amide bonds. The lowest BCUT2D eigenvalue weighted by molar-refractivity contribution is -0.137. The van der Waals surface area contributed by atoms with Gasteiger partial charge in [-0.2, -0.15) is 18.4 Å². The molecule has 0 N–H and O–H groups in total. The van der Waals surface area contributed by atoms with Crippen molar-refractivity contribution in [3.63, 3.8) is 0 Å². The maximum absolute atomic E-state index is 13.1. The van der Waals surface area contributed by atoms with Gasteiger partial charge in [0.1, 0.15) is 5.41 Å². The fourth-order valence-electron chi connectivity index (χ4n) is 5.81. The van der Waals surface area contributed by atoms with Crippen LogP contribution in [0.3, 0.4) is 0 Å². The summed E-state index contributed by atoms with van der Waals surface area (Å²) in [5.41, 5.74) is 6.03. The number of alkyl halides is 3. The van der Waals surface area contributed by atoms with Crippen molar-refractivity contribution in [2.75, 3.05) is 0 Å². The Morgan fingerprint density at radius 1 is 0.895 bits per heavy atom. The monoisotopic (exact) mass is 518 g/mol. The third-order valence-corrected chi connectivity index (χ3v) is 7.85. The first kappa shape index (κ1) is 27.9. The van der Waals surface area contributed by atoms with Gasteiger partial charge in [0.2, 0.25) is 0 Å². The number of hydrogen-bond donors (Lipinski definition) is 0. The Morgan fingerprint density at radius 2 is 1.55 bits per heavy atom. The Labute approximate surface area is 224 Å². The van der Waals surface area contributed by atoms with Crippen molar-refractivity contribution >= 4 is 0 Å². The quantitative estimate of drug-likeness (QED) is 0.237. The molecule has 200 valence electrons. The van der Waals surface area contributed by atoms with E-state index < -0.39 is 17.2 Å². The number of unbranched alkanes of at least 4 members (excludes halogenated alkanes) is 4. The van der Waals surface area contributed by atoms with E-state index in [1.165, 1.54) is 23.3 Å². The molecular formula is C33H37F3N2. The average molecular weight is 519 g/mol. The molecular weight excluding hydrogens is 481 g/mol. The first-order chi connectivity index (χ1) is 18.3. The summed E-state index contributed by atoms with van der Waals surface area (Å²) in [5, 5.41) is 10.5. The minimum Gasteiger partial charge on any atom is -0.256 e. The standard InChI is InChI=1S/C33H37F3N2/c1-3-5-8-14-27-29(15-9-6-4-2)38-31-28(30(27)25-12-10-7-11-13-25)20-21-32(31,23-37)22-24-16-18-26(19-17-24)33(34,35)36/h7,10-13,16-19H,3-6,8-9,14-15,20-22H2,1-2H3/t32-/m0/s1. The summed E-state index contributed by atoms with van der Waals surface area (Å²) in [7, 11) is 0. The zero-order valence-corrected chi connectivity index (χ0v) is 22.5. The van der Waals surface area contributed by atoms with Crippen molar-refractivity contribution in [3.8, 4) is 17.2 Å². The highest BCUT2D eigenvalue weighted by Gasteiger charge is 2.43. The van der Waals surface area contributed by atoms with Crippen LogP contribution in [0.2, 0.25) is 0 Å². The molecule has 0 saturated heterocycles. The summed E-state index contributed by atoms with van der Waals surface area (Å²) in [4.78, 5) is 5.26. The third kappa shape index (κ3) is 5.96. The molecule has 0 spiro atoms. The molecule has 1 heterocycles. The van der Waals surface area contributed by atoms with Crippen molar-refractivity contribution in [1.29, 1.82) is 5.26 Å². The van der Waals surface area contributed by atoms with Gasteiger partial charge in [0.25, 0.3) is 0 Å². The van der Waals surface area contributed by atoms with Crippen LogP contribution < -0.4 is 0 Å². The summed E-state index contributed by atoms with van der Waals surface area (Å²) in [6, 6.07) is 18.3. The lowest BCUT2D eigenvalue weighted by Crippen LogP contribution is -2.26. The second-order valence-corrected chi connectivity index (χ2v) is 10.6. The molecule has 2 aromatic carbocycles. The largest absolute Gasteiger partial charge is 0.416 e. The Hall–Kier alpha value is -3.13. The van der Waals surface area contributed by atoms with Crippen LogP contribution in [0.1, 0.15) is 92.4 Å². The highest BCUT2D eigenvalue weighted by Crippen LogP contribution is 2.46. The number of benzene rings is 2. The smallest absolute Gasteiger partial charge is 0.256 e. The molecule has 0 aliphatic heterocycles. The minimum absolute atomic E-state index is 0.361. The van der Waals surface area contributed by atoms with Crippen molar-refractivity contribution in [2.45, 2.75) is 96.1 Å². The zero-order valence-electron chi connectivity index (χ0n) is 22.5. The number of hydrogen-bond acceptors (Lipinski definition) is 2. The van der Waals surface area contributed by atoms with Gasteiger partial charge < -0.3 is 0 Å². The minimum atomic E-state index is -4.38. The van der Waals surface area contributed by atoms with Gasteiger partial charge >= 0.3 is 6.18 Å². The van der Waals surface area contributed by atoms with E-state index in [1.54, 1.807) is 0 Å². The molecule has 2 nitrogen and oxygen atoms in total. The van der Waals surface area contributed by atoms with Gasteiger partial charge in [0.05, 0.1) is 17.3 Å². The molecule has 4 rings (SSSR count). The Balaban J connectivity index is 1.83. The number of fused-ring (bicyclic) bond motifs is 1. The SMILES string of the molecule is CCCCCc1nc2c(c(-c3ccccc3)c1CCCCC)CC[C@@]2(C#N)Cc1ccc(C(F)(F)F)cc1. The molecule has 0 fully saturated rings. The fourth-order valence-corrected chi connectivity index (χ4v) is 5.81. The van der Waals surface area contributed by atoms with Crippen LogP contribution in [0.25, 0.3) is 11.1 Å². The Bertz CT molecular complexity index is 1260. The van der Waals surface area contributed by atoms with Crippen molar-refractivity contribution in [1.82, 2.24) is 4.98 Å². The van der Waals surface area contributed by atoms with E-state index in [-0.39, 0.29) is 0 Å². The van der Waals surface area contributed by atoms with E-state index in [0.29, 0.717) is 12.8 Å². The van der Waals surface area contributed by atoms with Crippen LogP contribution >= 0.6 is 0 Å². The van der Waals surface area contributed by atoms with Crippen LogP contribution in [-0.2, 0) is 37.3 Å². The van der Waals surface area contributed by atoms with E-state index in [4.69, 9.17) is 4.98 Å². The number of aromatic nitrogens is 1. The lowest BCUT2D eigenvalue weighted by Gasteiger charge is -2.25. The second kappa shape index (κ2) is 12.2. The summed E-state index contributed by atoms with van der Waals surface area (Å²) in [6.07, 6.45) is 5.92. The molecule has 0 unspecified atom stereocenters. The number of aryl methyl sites for hydroxylation is 1. The number of nitrogens with zero attached hydrogens (tertiary/aromatic N) is 2. The van der Waals surface area contributed by atoms with Crippen LogP contribution in [-0.4, -0.2) is 4.98 Å². The van der Waals surface area contributed by atoms with E-state index in [0.717, 1.165) is 98.0 Å². The zero-order chi connectivity index (χ0) is 27.2. The summed E-state index contributed by atoms with van der Waals surface area (Å²) >= 11 is 0. The summed E-state index contributed by atoms with van der Waals surface area (Å²) < 4.78 is 39.4. The van der Waals surface area contributed by atoms with Crippen LogP contribution in [0.4, 0.5) is 13.2 Å². The first-order valence-electron chi connectivity index (χ1n) is 14.0. The normalized spacial score (nSPS) is 16.8. The molecule has 5 heteroatoms. The molecule has 1 aliphatic carbocycles. The number of halogens is 3. The van der Waals surface area contributed by atoms with Gasteiger partial charge in [-0.25, -0.2) is 0 Å². The lowest BCUT2D eigenvalue weighted by atomic mass is 9.79. The van der Waals surface area contributed by atoms with Gasteiger partial charge in [0, 0.05) is 5.69 Å². The second-order valence-electron chi connectivity index (χ2n) is 10.6. The van der Waals surface area contributed by atoms with E-state index in [1.807, 2.05) is 6.07 Å². The van der Waals surface area contributed by atoms with Gasteiger partial charge in [-0.05, 0) is 84.9 Å². The number of nitriles is 1. The van der Waals surface area contributed by atoms with Gasteiger partial charge in [-0.1, -0.05) is 82.0 Å².